The fraction of sp³-hybridized carbons (Fsp3) is 0.438. The highest BCUT2D eigenvalue weighted by atomic mass is 79.9. The van der Waals surface area contributed by atoms with Crippen molar-refractivity contribution >= 4 is 31.9 Å². The molecule has 0 N–H and O–H groups in total. The van der Waals surface area contributed by atoms with Crippen LogP contribution in [0.25, 0.3) is 0 Å². The minimum Gasteiger partial charge on any atom is -0.296 e. The zero-order chi connectivity index (χ0) is 15.4. The Morgan fingerprint density at radius 1 is 1.19 bits per heavy atom. The Morgan fingerprint density at radius 3 is 2.57 bits per heavy atom. The van der Waals surface area contributed by atoms with Gasteiger partial charge in [0.15, 0.2) is 0 Å². The molecule has 3 nitrogen and oxygen atoms in total. The minimum absolute atomic E-state index is 0.883. The molecule has 5 heteroatoms. The van der Waals surface area contributed by atoms with Crippen LogP contribution in [0.15, 0.2) is 33.2 Å². The monoisotopic (exact) mass is 413 g/mol. The largest absolute Gasteiger partial charge is 0.296 e. The van der Waals surface area contributed by atoms with Gasteiger partial charge in [-0.05, 0) is 54.0 Å². The highest BCUT2D eigenvalue weighted by molar-refractivity contribution is 9.10. The van der Waals surface area contributed by atoms with Gasteiger partial charge in [-0.25, -0.2) is 0 Å². The van der Waals surface area contributed by atoms with Gasteiger partial charge < -0.3 is 0 Å². The Labute approximate surface area is 143 Å². The topological polar surface area (TPSA) is 21.1 Å². The van der Waals surface area contributed by atoms with E-state index in [0.717, 1.165) is 40.7 Å². The third kappa shape index (κ3) is 4.18. The molecule has 0 saturated carbocycles. The van der Waals surface area contributed by atoms with E-state index >= 15 is 0 Å². The smallest absolute Gasteiger partial charge is 0.0767 e. The van der Waals surface area contributed by atoms with E-state index in [1.165, 1.54) is 11.3 Å². The third-order valence-corrected chi connectivity index (χ3v) is 4.86. The van der Waals surface area contributed by atoms with E-state index < -0.39 is 0 Å². The van der Waals surface area contributed by atoms with Gasteiger partial charge in [0.2, 0.25) is 0 Å². The number of nitrogens with zero attached hydrogens (tertiary/aromatic N) is 3. The molecular weight excluding hydrogens is 394 g/mol. The van der Waals surface area contributed by atoms with Crippen molar-refractivity contribution in [2.75, 3.05) is 7.05 Å². The predicted octanol–water partition coefficient (Wildman–Crippen LogP) is 4.62. The van der Waals surface area contributed by atoms with E-state index in [0.29, 0.717) is 0 Å². The summed E-state index contributed by atoms with van der Waals surface area (Å²) in [6.07, 6.45) is 0.954. The Balaban J connectivity index is 2.12. The molecule has 0 unspecified atom stereocenters. The van der Waals surface area contributed by atoms with Crippen molar-refractivity contribution in [2.24, 2.45) is 0 Å². The van der Waals surface area contributed by atoms with Crippen LogP contribution < -0.4 is 0 Å². The Morgan fingerprint density at radius 2 is 1.95 bits per heavy atom. The minimum atomic E-state index is 0.883. The first-order valence-electron chi connectivity index (χ1n) is 7.22. The molecule has 21 heavy (non-hydrogen) atoms. The van der Waals surface area contributed by atoms with Gasteiger partial charge in [0.25, 0.3) is 0 Å². The molecular formula is C16H21Br2N3. The maximum atomic E-state index is 4.66. The average Bonchev–Trinajstić information content (AvgIpc) is 2.75. The van der Waals surface area contributed by atoms with Crippen LogP contribution >= 0.6 is 31.9 Å². The lowest BCUT2D eigenvalue weighted by Gasteiger charge is -2.18. The van der Waals surface area contributed by atoms with E-state index in [1.54, 1.807) is 0 Å². The highest BCUT2D eigenvalue weighted by Gasteiger charge is 2.15. The molecule has 0 saturated heterocycles. The first kappa shape index (κ1) is 16.7. The third-order valence-electron chi connectivity index (χ3n) is 3.46. The number of halogens is 2. The first-order chi connectivity index (χ1) is 10.0. The van der Waals surface area contributed by atoms with Gasteiger partial charge in [0.1, 0.15) is 0 Å². The van der Waals surface area contributed by atoms with Crippen molar-refractivity contribution in [3.05, 3.63) is 50.2 Å². The van der Waals surface area contributed by atoms with Gasteiger partial charge in [-0.15, -0.1) is 0 Å². The van der Waals surface area contributed by atoms with Gasteiger partial charge in [-0.2, -0.15) is 5.10 Å². The molecule has 2 rings (SSSR count). The molecule has 0 radical (unpaired) electrons. The molecule has 0 bridgehead atoms. The van der Waals surface area contributed by atoms with Crippen LogP contribution in [0.5, 0.6) is 0 Å². The van der Waals surface area contributed by atoms with Crippen LogP contribution in [-0.4, -0.2) is 21.7 Å². The number of aromatic nitrogens is 2. The predicted molar refractivity (Wildman–Crippen MR) is 94.3 cm³/mol. The van der Waals surface area contributed by atoms with Crippen molar-refractivity contribution in [3.8, 4) is 0 Å². The molecule has 0 amide bonds. The Kier molecular flexibility index (Phi) is 6.02. The van der Waals surface area contributed by atoms with E-state index in [4.69, 9.17) is 0 Å². The Bertz CT molecular complexity index is 608. The van der Waals surface area contributed by atoms with Crippen molar-refractivity contribution in [3.63, 3.8) is 0 Å². The summed E-state index contributed by atoms with van der Waals surface area (Å²) in [6.45, 7) is 6.98. The van der Waals surface area contributed by atoms with Gasteiger partial charge in [-0.1, -0.05) is 35.0 Å². The number of hydrogen-bond acceptors (Lipinski definition) is 2. The summed E-state index contributed by atoms with van der Waals surface area (Å²) in [7, 11) is 2.14. The fourth-order valence-electron chi connectivity index (χ4n) is 2.43. The molecule has 1 aromatic heterocycles. The maximum Gasteiger partial charge on any atom is 0.0767 e. The zero-order valence-electron chi connectivity index (χ0n) is 12.7. The molecule has 0 atom stereocenters. The van der Waals surface area contributed by atoms with Crippen molar-refractivity contribution in [1.82, 2.24) is 14.7 Å². The molecule has 1 aromatic carbocycles. The molecule has 2 aromatic rings. The van der Waals surface area contributed by atoms with Gasteiger partial charge in [-0.3, -0.25) is 9.58 Å². The maximum absolute atomic E-state index is 4.66. The van der Waals surface area contributed by atoms with Crippen LogP contribution in [0.1, 0.15) is 30.8 Å². The van der Waals surface area contributed by atoms with Gasteiger partial charge >= 0.3 is 0 Å². The van der Waals surface area contributed by atoms with E-state index in [1.807, 2.05) is 0 Å². The normalized spacial score (nSPS) is 11.3. The van der Waals surface area contributed by atoms with Gasteiger partial charge in [0.05, 0.1) is 15.9 Å². The lowest BCUT2D eigenvalue weighted by atomic mass is 10.2. The Hall–Kier alpha value is -0.650. The number of hydrogen-bond donors (Lipinski definition) is 0. The summed E-state index contributed by atoms with van der Waals surface area (Å²) < 4.78 is 4.38. The van der Waals surface area contributed by atoms with E-state index in [9.17, 15) is 0 Å². The molecule has 0 aliphatic rings. The fourth-order valence-corrected chi connectivity index (χ4v) is 3.56. The second-order valence-corrected chi connectivity index (χ2v) is 6.89. The SMILES string of the molecule is CCc1nn(CC)c(CN(C)Cc2cccc(Br)c2)c1Br. The molecule has 0 aliphatic carbocycles. The van der Waals surface area contributed by atoms with Gasteiger partial charge in [0, 0.05) is 24.1 Å². The average molecular weight is 415 g/mol. The molecule has 0 aliphatic heterocycles. The van der Waals surface area contributed by atoms with Crippen LogP contribution in [0.2, 0.25) is 0 Å². The van der Waals surface area contributed by atoms with Crippen LogP contribution in [0.4, 0.5) is 0 Å². The quantitative estimate of drug-likeness (QED) is 0.687. The number of rotatable bonds is 6. The van der Waals surface area contributed by atoms with Crippen molar-refractivity contribution in [2.45, 2.75) is 39.9 Å². The standard InChI is InChI=1S/C16H21Br2N3/c1-4-14-16(18)15(21(5-2)19-14)11-20(3)10-12-7-6-8-13(17)9-12/h6-9H,4-5,10-11H2,1-3H3. The van der Waals surface area contributed by atoms with E-state index in [2.05, 4.69) is 91.7 Å². The van der Waals surface area contributed by atoms with Crippen molar-refractivity contribution < 1.29 is 0 Å². The summed E-state index contributed by atoms with van der Waals surface area (Å²) in [6, 6.07) is 8.46. The summed E-state index contributed by atoms with van der Waals surface area (Å²) in [5.41, 5.74) is 3.70. The molecule has 114 valence electrons. The van der Waals surface area contributed by atoms with E-state index in [-0.39, 0.29) is 0 Å². The number of benzene rings is 1. The molecule has 1 heterocycles. The number of aryl methyl sites for hydroxylation is 2. The van der Waals surface area contributed by atoms with Crippen molar-refractivity contribution in [1.29, 1.82) is 0 Å². The highest BCUT2D eigenvalue weighted by Crippen LogP contribution is 2.24. The first-order valence-corrected chi connectivity index (χ1v) is 8.80. The molecule has 0 spiro atoms. The van der Waals surface area contributed by atoms with Crippen LogP contribution in [0.3, 0.4) is 0 Å². The summed E-state index contributed by atoms with van der Waals surface area (Å²) in [5, 5.41) is 4.66. The zero-order valence-corrected chi connectivity index (χ0v) is 15.9. The lowest BCUT2D eigenvalue weighted by Crippen LogP contribution is -2.20. The second kappa shape index (κ2) is 7.56. The van der Waals surface area contributed by atoms with Crippen LogP contribution in [-0.2, 0) is 26.1 Å². The lowest BCUT2D eigenvalue weighted by molar-refractivity contribution is 0.306. The summed E-state index contributed by atoms with van der Waals surface area (Å²) in [5.74, 6) is 0. The summed E-state index contributed by atoms with van der Waals surface area (Å²) >= 11 is 7.24. The van der Waals surface area contributed by atoms with Crippen LogP contribution in [0, 0.1) is 0 Å². The summed E-state index contributed by atoms with van der Waals surface area (Å²) in [4.78, 5) is 2.31. The molecule has 0 fully saturated rings. The second-order valence-electron chi connectivity index (χ2n) is 5.18.